The number of hydrogen-bond donors (Lipinski definition) is 2. The smallest absolute Gasteiger partial charge is 0.354 e. The standard InChI is InChI=1S/C23H21NO4/c1-15-11-20(28-2)9-10-21(15)17(12-16-5-3-7-19(25)13-16)14-18-6-4-8-22(24-18)23(26)27/h3-13,25H,14H2,1-2H3,(H,26,27)/b17-12+. The van der Waals surface area contributed by atoms with Crippen LogP contribution >= 0.6 is 0 Å². The van der Waals surface area contributed by atoms with Gasteiger partial charge in [-0.15, -0.1) is 0 Å². The number of carboxylic acids is 1. The van der Waals surface area contributed by atoms with Crippen molar-refractivity contribution in [1.82, 2.24) is 4.98 Å². The molecule has 2 N–H and O–H groups in total. The van der Waals surface area contributed by atoms with E-state index in [1.165, 1.54) is 6.07 Å². The molecule has 28 heavy (non-hydrogen) atoms. The summed E-state index contributed by atoms with van der Waals surface area (Å²) < 4.78 is 5.29. The number of pyridine rings is 1. The Hall–Kier alpha value is -3.60. The average molecular weight is 375 g/mol. The molecule has 0 aliphatic heterocycles. The number of phenols is 1. The predicted molar refractivity (Wildman–Crippen MR) is 109 cm³/mol. The zero-order valence-electron chi connectivity index (χ0n) is 15.7. The first-order chi connectivity index (χ1) is 13.5. The van der Waals surface area contributed by atoms with E-state index in [1.807, 2.05) is 43.3 Å². The van der Waals surface area contributed by atoms with Crippen molar-refractivity contribution in [2.75, 3.05) is 7.11 Å². The number of aromatic nitrogens is 1. The lowest BCUT2D eigenvalue weighted by molar-refractivity contribution is 0.0690. The minimum atomic E-state index is -1.05. The van der Waals surface area contributed by atoms with Gasteiger partial charge in [0, 0.05) is 12.1 Å². The molecular weight excluding hydrogens is 354 g/mol. The van der Waals surface area contributed by atoms with Crippen molar-refractivity contribution in [3.05, 3.63) is 88.7 Å². The van der Waals surface area contributed by atoms with Crippen molar-refractivity contribution in [2.45, 2.75) is 13.3 Å². The van der Waals surface area contributed by atoms with Gasteiger partial charge in [0.25, 0.3) is 0 Å². The number of aromatic carboxylic acids is 1. The van der Waals surface area contributed by atoms with Gasteiger partial charge in [0.1, 0.15) is 17.2 Å². The molecular formula is C23H21NO4. The lowest BCUT2D eigenvalue weighted by Crippen LogP contribution is -2.03. The zero-order chi connectivity index (χ0) is 20.1. The van der Waals surface area contributed by atoms with Crippen molar-refractivity contribution in [2.24, 2.45) is 0 Å². The molecule has 3 aromatic rings. The van der Waals surface area contributed by atoms with Crippen LogP contribution in [-0.4, -0.2) is 28.3 Å². The molecule has 0 saturated carbocycles. The maximum absolute atomic E-state index is 11.2. The number of allylic oxidation sites excluding steroid dienone is 1. The highest BCUT2D eigenvalue weighted by atomic mass is 16.5. The third kappa shape index (κ3) is 4.57. The van der Waals surface area contributed by atoms with Crippen molar-refractivity contribution in [1.29, 1.82) is 0 Å². The molecule has 0 aliphatic carbocycles. The van der Waals surface area contributed by atoms with Crippen LogP contribution in [0.4, 0.5) is 0 Å². The number of aromatic hydroxyl groups is 1. The van der Waals surface area contributed by atoms with E-state index < -0.39 is 5.97 Å². The molecule has 5 nitrogen and oxygen atoms in total. The highest BCUT2D eigenvalue weighted by Crippen LogP contribution is 2.28. The summed E-state index contributed by atoms with van der Waals surface area (Å²) in [6, 6.07) is 17.8. The van der Waals surface area contributed by atoms with Gasteiger partial charge in [-0.1, -0.05) is 30.3 Å². The van der Waals surface area contributed by atoms with Gasteiger partial charge >= 0.3 is 5.97 Å². The van der Waals surface area contributed by atoms with Gasteiger partial charge in [-0.2, -0.15) is 0 Å². The Labute approximate surface area is 163 Å². The zero-order valence-corrected chi connectivity index (χ0v) is 15.7. The van der Waals surface area contributed by atoms with Gasteiger partial charge in [-0.25, -0.2) is 9.78 Å². The Morgan fingerprint density at radius 2 is 1.89 bits per heavy atom. The van der Waals surface area contributed by atoms with Gasteiger partial charge in [0.05, 0.1) is 7.11 Å². The molecule has 1 aromatic heterocycles. The molecule has 1 heterocycles. The molecule has 5 heteroatoms. The number of rotatable bonds is 6. The molecule has 0 aliphatic rings. The predicted octanol–water partition coefficient (Wildman–Crippen LogP) is 4.59. The summed E-state index contributed by atoms with van der Waals surface area (Å²) in [7, 11) is 1.62. The Kier molecular flexibility index (Phi) is 5.75. The maximum Gasteiger partial charge on any atom is 0.354 e. The molecule has 0 spiro atoms. The fourth-order valence-corrected chi connectivity index (χ4v) is 3.06. The number of methoxy groups -OCH3 is 1. The van der Waals surface area contributed by atoms with Gasteiger partial charge in [0.2, 0.25) is 0 Å². The fraction of sp³-hybridized carbons (Fsp3) is 0.130. The molecule has 0 saturated heterocycles. The second kappa shape index (κ2) is 8.39. The van der Waals surface area contributed by atoms with Crippen LogP contribution in [0, 0.1) is 6.92 Å². The van der Waals surface area contributed by atoms with Gasteiger partial charge in [-0.05, 0) is 65.6 Å². The minimum Gasteiger partial charge on any atom is -0.508 e. The lowest BCUT2D eigenvalue weighted by Gasteiger charge is -2.13. The molecule has 0 radical (unpaired) electrons. The van der Waals surface area contributed by atoms with Crippen molar-refractivity contribution < 1.29 is 19.7 Å². The molecule has 3 rings (SSSR count). The van der Waals surface area contributed by atoms with Crippen molar-refractivity contribution >= 4 is 17.6 Å². The summed E-state index contributed by atoms with van der Waals surface area (Å²) in [6.07, 6.45) is 2.42. The van der Waals surface area contributed by atoms with Crippen molar-refractivity contribution in [3.8, 4) is 11.5 Å². The number of carbonyl (C=O) groups is 1. The number of benzene rings is 2. The Morgan fingerprint density at radius 3 is 2.57 bits per heavy atom. The van der Waals surface area contributed by atoms with Gasteiger partial charge in [-0.3, -0.25) is 0 Å². The third-order valence-corrected chi connectivity index (χ3v) is 4.39. The summed E-state index contributed by atoms with van der Waals surface area (Å²) in [6.45, 7) is 2.00. The van der Waals surface area contributed by atoms with E-state index in [-0.39, 0.29) is 11.4 Å². The first kappa shape index (κ1) is 19.2. The highest BCUT2D eigenvalue weighted by molar-refractivity contribution is 5.86. The van der Waals surface area contributed by atoms with Crippen LogP contribution in [0.15, 0.2) is 60.7 Å². The van der Waals surface area contributed by atoms with Crippen LogP contribution in [0.5, 0.6) is 11.5 Å². The Balaban J connectivity index is 2.07. The molecule has 0 bridgehead atoms. The summed E-state index contributed by atoms with van der Waals surface area (Å²) in [5.74, 6) is -0.101. The quantitative estimate of drug-likeness (QED) is 0.616. The number of phenolic OH excluding ortho intramolecular Hbond substituents is 1. The van der Waals surface area contributed by atoms with E-state index in [9.17, 15) is 15.0 Å². The first-order valence-electron chi connectivity index (χ1n) is 8.80. The van der Waals surface area contributed by atoms with Crippen LogP contribution in [-0.2, 0) is 6.42 Å². The van der Waals surface area contributed by atoms with Crippen LogP contribution in [0.2, 0.25) is 0 Å². The molecule has 0 amide bonds. The second-order valence-electron chi connectivity index (χ2n) is 6.44. The third-order valence-electron chi connectivity index (χ3n) is 4.39. The highest BCUT2D eigenvalue weighted by Gasteiger charge is 2.11. The summed E-state index contributed by atoms with van der Waals surface area (Å²) >= 11 is 0. The number of ether oxygens (including phenoxy) is 1. The number of carboxylic acid groups (broad SMARTS) is 1. The van der Waals surface area contributed by atoms with Gasteiger partial charge in [0.15, 0.2) is 0 Å². The van der Waals surface area contributed by atoms with E-state index in [1.54, 1.807) is 31.4 Å². The Morgan fingerprint density at radius 1 is 1.11 bits per heavy atom. The van der Waals surface area contributed by atoms with Crippen LogP contribution in [0.25, 0.3) is 11.6 Å². The number of hydrogen-bond acceptors (Lipinski definition) is 4. The van der Waals surface area contributed by atoms with E-state index in [0.29, 0.717) is 12.1 Å². The molecule has 2 aromatic carbocycles. The van der Waals surface area contributed by atoms with E-state index in [4.69, 9.17) is 4.74 Å². The minimum absolute atomic E-state index is 0.0145. The maximum atomic E-state index is 11.2. The lowest BCUT2D eigenvalue weighted by atomic mass is 9.94. The first-order valence-corrected chi connectivity index (χ1v) is 8.80. The number of nitrogens with zero attached hydrogens (tertiary/aromatic N) is 1. The van der Waals surface area contributed by atoms with Crippen molar-refractivity contribution in [3.63, 3.8) is 0 Å². The normalized spacial score (nSPS) is 11.3. The largest absolute Gasteiger partial charge is 0.508 e. The topological polar surface area (TPSA) is 79.7 Å². The van der Waals surface area contributed by atoms with Crippen LogP contribution in [0.3, 0.4) is 0 Å². The van der Waals surface area contributed by atoms with Crippen LogP contribution < -0.4 is 4.74 Å². The average Bonchev–Trinajstić information content (AvgIpc) is 2.67. The number of aryl methyl sites for hydroxylation is 1. The fourth-order valence-electron chi connectivity index (χ4n) is 3.06. The molecule has 142 valence electrons. The molecule has 0 atom stereocenters. The molecule has 0 unspecified atom stereocenters. The SMILES string of the molecule is COc1ccc(/C(=C/c2cccc(O)c2)Cc2cccc(C(=O)O)n2)c(C)c1. The Bertz CT molecular complexity index is 1040. The molecule has 0 fully saturated rings. The van der Waals surface area contributed by atoms with E-state index >= 15 is 0 Å². The summed E-state index contributed by atoms with van der Waals surface area (Å²) in [4.78, 5) is 15.5. The summed E-state index contributed by atoms with van der Waals surface area (Å²) in [5, 5.41) is 19.0. The second-order valence-corrected chi connectivity index (χ2v) is 6.44. The van der Waals surface area contributed by atoms with Gasteiger partial charge < -0.3 is 14.9 Å². The van der Waals surface area contributed by atoms with E-state index in [2.05, 4.69) is 4.98 Å². The van der Waals surface area contributed by atoms with E-state index in [0.717, 1.165) is 28.0 Å². The monoisotopic (exact) mass is 375 g/mol. The summed E-state index contributed by atoms with van der Waals surface area (Å²) in [5.41, 5.74) is 4.51. The van der Waals surface area contributed by atoms with Crippen LogP contribution in [0.1, 0.15) is 32.9 Å².